The van der Waals surface area contributed by atoms with Gasteiger partial charge in [0.2, 0.25) is 0 Å². The van der Waals surface area contributed by atoms with Crippen molar-refractivity contribution in [1.29, 1.82) is 0 Å². The van der Waals surface area contributed by atoms with E-state index in [1.807, 2.05) is 31.3 Å². The van der Waals surface area contributed by atoms with Gasteiger partial charge >= 0.3 is 5.97 Å². The van der Waals surface area contributed by atoms with Gasteiger partial charge in [0.1, 0.15) is 0 Å². The summed E-state index contributed by atoms with van der Waals surface area (Å²) in [5.41, 5.74) is 2.42. The molecule has 0 aliphatic heterocycles. The van der Waals surface area contributed by atoms with E-state index in [1.165, 1.54) is 0 Å². The van der Waals surface area contributed by atoms with Crippen LogP contribution in [0.2, 0.25) is 0 Å². The van der Waals surface area contributed by atoms with Gasteiger partial charge in [-0.25, -0.2) is 9.48 Å². The number of carbonyl (C=O) groups excluding carboxylic acids is 1. The zero-order valence-corrected chi connectivity index (χ0v) is 9.88. The fourth-order valence-electron chi connectivity index (χ4n) is 1.65. The van der Waals surface area contributed by atoms with Crippen molar-refractivity contribution in [2.75, 3.05) is 6.61 Å². The largest absolute Gasteiger partial charge is 0.462 e. The molecule has 17 heavy (non-hydrogen) atoms. The van der Waals surface area contributed by atoms with Gasteiger partial charge in [-0.05, 0) is 43.7 Å². The Morgan fingerprint density at radius 3 is 2.88 bits per heavy atom. The van der Waals surface area contributed by atoms with Gasteiger partial charge < -0.3 is 4.74 Å². The Bertz CT molecular complexity index is 518. The van der Waals surface area contributed by atoms with Crippen LogP contribution in [0.5, 0.6) is 0 Å². The van der Waals surface area contributed by atoms with Crippen molar-refractivity contribution in [3.63, 3.8) is 0 Å². The summed E-state index contributed by atoms with van der Waals surface area (Å²) in [6.45, 7) is 4.07. The smallest absolute Gasteiger partial charge is 0.338 e. The Kier molecular flexibility index (Phi) is 3.23. The molecule has 1 aromatic carbocycles. The van der Waals surface area contributed by atoms with Gasteiger partial charge in [-0.2, -0.15) is 5.10 Å². The minimum atomic E-state index is -0.281. The monoisotopic (exact) mass is 230 g/mol. The van der Waals surface area contributed by atoms with Crippen LogP contribution in [0.25, 0.3) is 5.69 Å². The Morgan fingerprint density at radius 1 is 1.47 bits per heavy atom. The minimum Gasteiger partial charge on any atom is -0.462 e. The third-order valence-electron chi connectivity index (χ3n) is 2.47. The van der Waals surface area contributed by atoms with E-state index in [0.717, 1.165) is 11.3 Å². The van der Waals surface area contributed by atoms with Crippen molar-refractivity contribution in [3.8, 4) is 5.69 Å². The number of nitrogens with zero attached hydrogens (tertiary/aromatic N) is 2. The van der Waals surface area contributed by atoms with Crippen LogP contribution < -0.4 is 0 Å². The molecule has 4 heteroatoms. The zero-order valence-electron chi connectivity index (χ0n) is 9.88. The highest BCUT2D eigenvalue weighted by Crippen LogP contribution is 2.15. The Labute approximate surface area is 99.8 Å². The number of ether oxygens (including phenoxy) is 1. The van der Waals surface area contributed by atoms with Gasteiger partial charge in [0.15, 0.2) is 0 Å². The summed E-state index contributed by atoms with van der Waals surface area (Å²) in [5, 5.41) is 4.14. The Hall–Kier alpha value is -2.10. The molecule has 0 N–H and O–H groups in total. The van der Waals surface area contributed by atoms with Crippen LogP contribution in [0, 0.1) is 6.92 Å². The van der Waals surface area contributed by atoms with Crippen molar-refractivity contribution in [2.45, 2.75) is 13.8 Å². The SMILES string of the molecule is CCOC(=O)c1ccc(-n2cccn2)cc1C. The van der Waals surface area contributed by atoms with Crippen molar-refractivity contribution in [1.82, 2.24) is 9.78 Å². The fraction of sp³-hybridized carbons (Fsp3) is 0.231. The van der Waals surface area contributed by atoms with Crippen LogP contribution >= 0.6 is 0 Å². The summed E-state index contributed by atoms with van der Waals surface area (Å²) in [4.78, 5) is 11.6. The van der Waals surface area contributed by atoms with Crippen LogP contribution in [0.1, 0.15) is 22.8 Å². The molecule has 0 aliphatic rings. The second-order valence-electron chi connectivity index (χ2n) is 3.67. The van der Waals surface area contributed by atoms with Gasteiger partial charge in [-0.3, -0.25) is 0 Å². The first-order valence-electron chi connectivity index (χ1n) is 5.50. The predicted octanol–water partition coefficient (Wildman–Crippen LogP) is 2.36. The summed E-state index contributed by atoms with van der Waals surface area (Å²) in [7, 11) is 0. The lowest BCUT2D eigenvalue weighted by atomic mass is 10.1. The van der Waals surface area contributed by atoms with Crippen molar-refractivity contribution in [2.24, 2.45) is 0 Å². The average molecular weight is 230 g/mol. The number of esters is 1. The summed E-state index contributed by atoms with van der Waals surface area (Å²) >= 11 is 0. The fourth-order valence-corrected chi connectivity index (χ4v) is 1.65. The predicted molar refractivity (Wildman–Crippen MR) is 64.3 cm³/mol. The topological polar surface area (TPSA) is 44.1 Å². The average Bonchev–Trinajstić information content (AvgIpc) is 2.82. The molecular weight excluding hydrogens is 216 g/mol. The van der Waals surface area contributed by atoms with E-state index in [0.29, 0.717) is 12.2 Å². The van der Waals surface area contributed by atoms with E-state index < -0.39 is 0 Å². The highest BCUT2D eigenvalue weighted by Gasteiger charge is 2.10. The van der Waals surface area contributed by atoms with Crippen LogP contribution in [-0.2, 0) is 4.74 Å². The Morgan fingerprint density at radius 2 is 2.29 bits per heavy atom. The van der Waals surface area contributed by atoms with Gasteiger partial charge in [0.05, 0.1) is 17.9 Å². The van der Waals surface area contributed by atoms with Gasteiger partial charge in [0.25, 0.3) is 0 Å². The van der Waals surface area contributed by atoms with Gasteiger partial charge in [-0.1, -0.05) is 0 Å². The zero-order chi connectivity index (χ0) is 12.3. The summed E-state index contributed by atoms with van der Waals surface area (Å²) in [5.74, 6) is -0.281. The molecule has 0 amide bonds. The van der Waals surface area contributed by atoms with E-state index in [4.69, 9.17) is 4.74 Å². The second-order valence-corrected chi connectivity index (χ2v) is 3.67. The third kappa shape index (κ3) is 2.36. The molecule has 0 fully saturated rings. The molecular formula is C13H14N2O2. The molecule has 0 bridgehead atoms. The molecule has 0 saturated carbocycles. The summed E-state index contributed by atoms with van der Waals surface area (Å²) in [6, 6.07) is 7.39. The third-order valence-corrected chi connectivity index (χ3v) is 2.47. The number of aromatic nitrogens is 2. The molecule has 88 valence electrons. The van der Waals surface area contributed by atoms with Crippen molar-refractivity contribution in [3.05, 3.63) is 47.8 Å². The number of aryl methyl sites for hydroxylation is 1. The molecule has 0 radical (unpaired) electrons. The molecule has 0 aliphatic carbocycles. The standard InChI is InChI=1S/C13H14N2O2/c1-3-17-13(16)12-6-5-11(9-10(12)2)15-8-4-7-14-15/h4-9H,3H2,1-2H3. The van der Waals surface area contributed by atoms with Crippen molar-refractivity contribution >= 4 is 5.97 Å². The number of rotatable bonds is 3. The molecule has 0 unspecified atom stereocenters. The second kappa shape index (κ2) is 4.82. The van der Waals surface area contributed by atoms with E-state index in [9.17, 15) is 4.79 Å². The molecule has 2 rings (SSSR count). The molecule has 1 heterocycles. The first-order valence-corrected chi connectivity index (χ1v) is 5.50. The van der Waals surface area contributed by atoms with Gasteiger partial charge in [0, 0.05) is 12.4 Å². The quantitative estimate of drug-likeness (QED) is 0.760. The minimum absolute atomic E-state index is 0.281. The lowest BCUT2D eigenvalue weighted by Gasteiger charge is -2.07. The van der Waals surface area contributed by atoms with E-state index in [1.54, 1.807) is 23.9 Å². The lowest BCUT2D eigenvalue weighted by molar-refractivity contribution is 0.0525. The first-order chi connectivity index (χ1) is 8.22. The summed E-state index contributed by atoms with van der Waals surface area (Å²) in [6.07, 6.45) is 3.58. The van der Waals surface area contributed by atoms with E-state index in [-0.39, 0.29) is 5.97 Å². The van der Waals surface area contributed by atoms with Crippen LogP contribution in [-0.4, -0.2) is 22.4 Å². The van der Waals surface area contributed by atoms with Crippen LogP contribution in [0.3, 0.4) is 0 Å². The van der Waals surface area contributed by atoms with E-state index in [2.05, 4.69) is 5.10 Å². The first kappa shape index (κ1) is 11.4. The molecule has 2 aromatic rings. The number of hydrogen-bond donors (Lipinski definition) is 0. The Balaban J connectivity index is 2.32. The maximum absolute atomic E-state index is 11.6. The summed E-state index contributed by atoms with van der Waals surface area (Å²) < 4.78 is 6.73. The highest BCUT2D eigenvalue weighted by atomic mass is 16.5. The number of carbonyl (C=O) groups is 1. The maximum Gasteiger partial charge on any atom is 0.338 e. The normalized spacial score (nSPS) is 10.2. The van der Waals surface area contributed by atoms with Gasteiger partial charge in [-0.15, -0.1) is 0 Å². The molecule has 0 atom stereocenters. The number of benzene rings is 1. The molecule has 0 spiro atoms. The molecule has 4 nitrogen and oxygen atoms in total. The molecule has 0 saturated heterocycles. The number of hydrogen-bond acceptors (Lipinski definition) is 3. The van der Waals surface area contributed by atoms with Crippen molar-refractivity contribution < 1.29 is 9.53 Å². The van der Waals surface area contributed by atoms with E-state index >= 15 is 0 Å². The van der Waals surface area contributed by atoms with Crippen LogP contribution in [0.15, 0.2) is 36.7 Å². The maximum atomic E-state index is 11.6. The lowest BCUT2D eigenvalue weighted by Crippen LogP contribution is -2.07. The van der Waals surface area contributed by atoms with Crippen LogP contribution in [0.4, 0.5) is 0 Å². The highest BCUT2D eigenvalue weighted by molar-refractivity contribution is 5.91. The molecule has 1 aromatic heterocycles.